The van der Waals surface area contributed by atoms with E-state index in [2.05, 4.69) is 49.1 Å². The zero-order chi connectivity index (χ0) is 21.9. The van der Waals surface area contributed by atoms with Crippen molar-refractivity contribution >= 4 is 76.3 Å². The maximum Gasteiger partial charge on any atom is 0.238 e. The Morgan fingerprint density at radius 1 is 1.23 bits per heavy atom. The Morgan fingerprint density at radius 2 is 2.00 bits per heavy atom. The first-order valence-corrected chi connectivity index (χ1v) is 13.2. The van der Waals surface area contributed by atoms with Crippen molar-refractivity contribution in [2.45, 2.75) is 36.4 Å². The average molecular weight is 576 g/mol. The predicted octanol–water partition coefficient (Wildman–Crippen LogP) is 4.74. The van der Waals surface area contributed by atoms with Crippen molar-refractivity contribution in [1.29, 1.82) is 0 Å². The number of benzene rings is 2. The monoisotopic (exact) mass is 574 g/mol. The SMILES string of the molecule is CCCCn1c(SCC(=O)Nc2ccc(Br)cc2Br)nc2cc(S(N)(=O)=O)ccc21. The fourth-order valence-electron chi connectivity index (χ4n) is 2.81. The highest BCUT2D eigenvalue weighted by molar-refractivity contribution is 9.11. The molecular formula is C19H20Br2N4O3S2. The third-order valence-corrected chi connectivity index (χ3v) is 7.32. The molecule has 11 heteroatoms. The van der Waals surface area contributed by atoms with Crippen molar-refractivity contribution in [3.63, 3.8) is 0 Å². The van der Waals surface area contributed by atoms with Gasteiger partial charge in [0.15, 0.2) is 5.16 Å². The van der Waals surface area contributed by atoms with Crippen LogP contribution in [0.2, 0.25) is 0 Å². The number of aromatic nitrogens is 2. The molecule has 1 aromatic heterocycles. The highest BCUT2D eigenvalue weighted by Crippen LogP contribution is 2.28. The van der Waals surface area contributed by atoms with Gasteiger partial charge in [-0.1, -0.05) is 41.0 Å². The van der Waals surface area contributed by atoms with E-state index in [1.165, 1.54) is 23.9 Å². The number of unbranched alkanes of at least 4 members (excludes halogenated alkanes) is 1. The summed E-state index contributed by atoms with van der Waals surface area (Å²) in [6.07, 6.45) is 1.94. The smallest absolute Gasteiger partial charge is 0.238 e. The fraction of sp³-hybridized carbons (Fsp3) is 0.263. The second-order valence-electron chi connectivity index (χ2n) is 6.56. The number of nitrogens with one attached hydrogen (secondary N) is 1. The van der Waals surface area contributed by atoms with Gasteiger partial charge >= 0.3 is 0 Å². The molecule has 0 radical (unpaired) electrons. The minimum Gasteiger partial charge on any atom is -0.324 e. The van der Waals surface area contributed by atoms with E-state index in [9.17, 15) is 13.2 Å². The van der Waals surface area contributed by atoms with Gasteiger partial charge in [-0.25, -0.2) is 18.5 Å². The van der Waals surface area contributed by atoms with Crippen molar-refractivity contribution < 1.29 is 13.2 Å². The number of fused-ring (bicyclic) bond motifs is 1. The summed E-state index contributed by atoms with van der Waals surface area (Å²) in [6.45, 7) is 2.82. The largest absolute Gasteiger partial charge is 0.324 e. The number of primary sulfonamides is 1. The first-order chi connectivity index (χ1) is 14.2. The van der Waals surface area contributed by atoms with Gasteiger partial charge in [-0.15, -0.1) is 0 Å². The molecule has 0 aliphatic heterocycles. The van der Waals surface area contributed by atoms with Crippen LogP contribution in [0.25, 0.3) is 11.0 Å². The zero-order valence-electron chi connectivity index (χ0n) is 16.1. The second kappa shape index (κ2) is 9.82. The number of carbonyl (C=O) groups excluding carboxylic acids is 1. The molecule has 0 aliphatic rings. The van der Waals surface area contributed by atoms with Gasteiger partial charge in [0.25, 0.3) is 0 Å². The number of hydrogen-bond donors (Lipinski definition) is 2. The van der Waals surface area contributed by atoms with Gasteiger partial charge in [0.05, 0.1) is 27.4 Å². The van der Waals surface area contributed by atoms with Crippen LogP contribution in [-0.4, -0.2) is 29.6 Å². The summed E-state index contributed by atoms with van der Waals surface area (Å²) in [5.41, 5.74) is 2.03. The van der Waals surface area contributed by atoms with E-state index in [1.54, 1.807) is 6.07 Å². The number of anilines is 1. The topological polar surface area (TPSA) is 107 Å². The lowest BCUT2D eigenvalue weighted by molar-refractivity contribution is -0.113. The number of carbonyl (C=O) groups is 1. The molecule has 0 spiro atoms. The lowest BCUT2D eigenvalue weighted by atomic mass is 10.3. The molecule has 0 saturated carbocycles. The minimum atomic E-state index is -3.81. The summed E-state index contributed by atoms with van der Waals surface area (Å²) in [5.74, 6) is 0.00217. The van der Waals surface area contributed by atoms with E-state index in [4.69, 9.17) is 5.14 Å². The van der Waals surface area contributed by atoms with Crippen molar-refractivity contribution in [2.75, 3.05) is 11.1 Å². The molecule has 3 N–H and O–H groups in total. The first-order valence-electron chi connectivity index (χ1n) is 9.10. The summed E-state index contributed by atoms with van der Waals surface area (Å²) in [5, 5.41) is 8.77. The highest BCUT2D eigenvalue weighted by atomic mass is 79.9. The van der Waals surface area contributed by atoms with E-state index < -0.39 is 10.0 Å². The van der Waals surface area contributed by atoms with Crippen LogP contribution in [0.3, 0.4) is 0 Å². The van der Waals surface area contributed by atoms with Gasteiger partial charge in [-0.05, 0) is 58.7 Å². The number of nitrogens with two attached hydrogens (primary N) is 1. The van der Waals surface area contributed by atoms with E-state index in [1.807, 2.05) is 22.8 Å². The normalized spacial score (nSPS) is 11.7. The van der Waals surface area contributed by atoms with Crippen LogP contribution in [0, 0.1) is 0 Å². The van der Waals surface area contributed by atoms with Gasteiger partial charge < -0.3 is 9.88 Å². The molecule has 0 unspecified atom stereocenters. The maximum atomic E-state index is 12.5. The highest BCUT2D eigenvalue weighted by Gasteiger charge is 2.16. The lowest BCUT2D eigenvalue weighted by Gasteiger charge is -2.09. The van der Waals surface area contributed by atoms with Crippen LogP contribution in [0.5, 0.6) is 0 Å². The quantitative estimate of drug-likeness (QED) is 0.377. The lowest BCUT2D eigenvalue weighted by Crippen LogP contribution is -2.15. The number of rotatable bonds is 8. The molecule has 0 atom stereocenters. The fourth-order valence-corrected chi connectivity index (χ4v) is 5.33. The Hall–Kier alpha value is -1.40. The van der Waals surface area contributed by atoms with E-state index in [0.717, 1.165) is 33.8 Å². The van der Waals surface area contributed by atoms with Gasteiger partial charge in [0.1, 0.15) is 0 Å². The molecule has 0 bridgehead atoms. The van der Waals surface area contributed by atoms with Crippen LogP contribution in [0.4, 0.5) is 5.69 Å². The summed E-state index contributed by atoms with van der Waals surface area (Å²) >= 11 is 8.12. The predicted molar refractivity (Wildman–Crippen MR) is 127 cm³/mol. The summed E-state index contributed by atoms with van der Waals surface area (Å²) in [4.78, 5) is 17.0. The molecule has 1 heterocycles. The second-order valence-corrected chi connectivity index (χ2v) is 10.8. The number of halogens is 2. The zero-order valence-corrected chi connectivity index (χ0v) is 20.9. The number of hydrogen-bond acceptors (Lipinski definition) is 5. The van der Waals surface area contributed by atoms with Crippen molar-refractivity contribution in [1.82, 2.24) is 9.55 Å². The number of imidazole rings is 1. The molecule has 2 aromatic carbocycles. The van der Waals surface area contributed by atoms with Crippen LogP contribution < -0.4 is 10.5 Å². The Labute approximate surface area is 196 Å². The Kier molecular flexibility index (Phi) is 7.61. The molecule has 3 rings (SSSR count). The molecule has 30 heavy (non-hydrogen) atoms. The van der Waals surface area contributed by atoms with Crippen molar-refractivity contribution in [2.24, 2.45) is 5.14 Å². The number of thioether (sulfide) groups is 1. The van der Waals surface area contributed by atoms with Crippen LogP contribution in [0.15, 0.2) is 55.4 Å². The van der Waals surface area contributed by atoms with Gasteiger partial charge in [-0.2, -0.15) is 0 Å². The van der Waals surface area contributed by atoms with Crippen LogP contribution in [-0.2, 0) is 21.4 Å². The Morgan fingerprint density at radius 3 is 2.67 bits per heavy atom. The van der Waals surface area contributed by atoms with Crippen LogP contribution in [0.1, 0.15) is 19.8 Å². The third-order valence-electron chi connectivity index (χ3n) is 4.29. The minimum absolute atomic E-state index is 0.0181. The molecule has 0 saturated heterocycles. The van der Waals surface area contributed by atoms with Crippen molar-refractivity contribution in [3.05, 3.63) is 45.3 Å². The van der Waals surface area contributed by atoms with E-state index in [-0.39, 0.29) is 16.6 Å². The number of amides is 1. The van der Waals surface area contributed by atoms with Gasteiger partial charge in [0, 0.05) is 15.5 Å². The molecular weight excluding hydrogens is 556 g/mol. The Bertz CT molecular complexity index is 1200. The third kappa shape index (κ3) is 5.64. The molecule has 3 aromatic rings. The van der Waals surface area contributed by atoms with Gasteiger partial charge in [-0.3, -0.25) is 4.79 Å². The summed E-state index contributed by atoms with van der Waals surface area (Å²) < 4.78 is 27.0. The summed E-state index contributed by atoms with van der Waals surface area (Å²) in [6, 6.07) is 10.2. The first kappa shape index (κ1) is 23.3. The molecule has 160 valence electrons. The van der Waals surface area contributed by atoms with Gasteiger partial charge in [0.2, 0.25) is 15.9 Å². The van der Waals surface area contributed by atoms with E-state index >= 15 is 0 Å². The number of aryl methyl sites for hydroxylation is 1. The molecule has 0 aliphatic carbocycles. The number of nitrogens with zero attached hydrogens (tertiary/aromatic N) is 2. The standard InChI is InChI=1S/C19H20Br2N4O3S2/c1-2-3-8-25-17-7-5-13(30(22,27)28)10-16(17)24-19(25)29-11-18(26)23-15-6-4-12(20)9-14(15)21/h4-7,9-10H,2-3,8,11H2,1H3,(H,23,26)(H2,22,27,28). The Balaban J connectivity index is 1.82. The van der Waals surface area contributed by atoms with E-state index in [0.29, 0.717) is 16.4 Å². The summed E-state index contributed by atoms with van der Waals surface area (Å²) in [7, 11) is -3.81. The molecule has 1 amide bonds. The molecule has 0 fully saturated rings. The maximum absolute atomic E-state index is 12.5. The number of sulfonamides is 1. The molecule has 7 nitrogen and oxygen atoms in total. The average Bonchev–Trinajstić information content (AvgIpc) is 3.03. The van der Waals surface area contributed by atoms with Crippen molar-refractivity contribution in [3.8, 4) is 0 Å². The van der Waals surface area contributed by atoms with Crippen LogP contribution >= 0.6 is 43.6 Å².